The summed E-state index contributed by atoms with van der Waals surface area (Å²) in [4.78, 5) is 21.3. The van der Waals surface area contributed by atoms with Crippen LogP contribution in [-0.2, 0) is 7.05 Å². The number of aromatic nitrogens is 4. The number of aryl methyl sites for hydroxylation is 2. The minimum absolute atomic E-state index is 0.196. The first-order chi connectivity index (χ1) is 14.5. The van der Waals surface area contributed by atoms with E-state index in [-0.39, 0.29) is 5.56 Å². The van der Waals surface area contributed by atoms with E-state index in [2.05, 4.69) is 47.2 Å². The van der Waals surface area contributed by atoms with Crippen LogP contribution in [0.1, 0.15) is 15.9 Å². The number of hydrogen-bond donors (Lipinski definition) is 2. The van der Waals surface area contributed by atoms with Crippen LogP contribution in [0.5, 0.6) is 0 Å². The van der Waals surface area contributed by atoms with Crippen molar-refractivity contribution in [3.63, 3.8) is 0 Å². The molecule has 0 bridgehead atoms. The minimum atomic E-state index is -0.988. The SMILES string of the molecule is Cc1ccc(Sc2cccc3c(-c4cc5nccc(C(=O)O)c5[nH]4)nn(C)c23)cc1. The number of hydrogen-bond acceptors (Lipinski definition) is 4. The normalized spacial score (nSPS) is 11.4. The zero-order valence-corrected chi connectivity index (χ0v) is 17.2. The fourth-order valence-electron chi connectivity index (χ4n) is 3.65. The first-order valence-corrected chi connectivity index (χ1v) is 10.2. The summed E-state index contributed by atoms with van der Waals surface area (Å²) in [5.41, 5.74) is 5.08. The van der Waals surface area contributed by atoms with Gasteiger partial charge in [0.25, 0.3) is 0 Å². The Labute approximate surface area is 176 Å². The van der Waals surface area contributed by atoms with Crippen molar-refractivity contribution in [2.75, 3.05) is 0 Å². The van der Waals surface area contributed by atoms with E-state index in [0.29, 0.717) is 11.0 Å². The predicted molar refractivity (Wildman–Crippen MR) is 118 cm³/mol. The molecule has 3 aromatic heterocycles. The predicted octanol–water partition coefficient (Wildman–Crippen LogP) is 5.27. The highest BCUT2D eigenvalue weighted by Gasteiger charge is 2.18. The summed E-state index contributed by atoms with van der Waals surface area (Å²) >= 11 is 1.70. The quantitative estimate of drug-likeness (QED) is 0.418. The molecule has 0 aliphatic heterocycles. The van der Waals surface area contributed by atoms with Crippen molar-refractivity contribution >= 4 is 39.7 Å². The molecule has 2 aromatic carbocycles. The molecule has 5 aromatic rings. The molecule has 0 unspecified atom stereocenters. The molecule has 148 valence electrons. The van der Waals surface area contributed by atoms with Gasteiger partial charge < -0.3 is 10.1 Å². The maximum atomic E-state index is 11.5. The standard InChI is InChI=1S/C23H18N4O2S/c1-13-6-8-14(9-7-13)30-19-5-3-4-15-21(26-27(2)22(15)19)18-12-17-20(25-18)16(23(28)29)10-11-24-17/h3-12,25H,1-2H3,(H,28,29). The van der Waals surface area contributed by atoms with Crippen LogP contribution in [0.4, 0.5) is 0 Å². The average molecular weight is 414 g/mol. The van der Waals surface area contributed by atoms with Gasteiger partial charge in [0.2, 0.25) is 0 Å². The number of benzene rings is 2. The van der Waals surface area contributed by atoms with Gasteiger partial charge in [-0.05, 0) is 37.3 Å². The number of aromatic carboxylic acids is 1. The van der Waals surface area contributed by atoms with E-state index < -0.39 is 5.97 Å². The van der Waals surface area contributed by atoms with Crippen molar-refractivity contribution in [3.8, 4) is 11.4 Å². The number of H-pyrrole nitrogens is 1. The molecule has 0 aliphatic carbocycles. The van der Waals surface area contributed by atoms with Crippen molar-refractivity contribution in [3.05, 3.63) is 71.9 Å². The van der Waals surface area contributed by atoms with Gasteiger partial charge in [-0.15, -0.1) is 0 Å². The van der Waals surface area contributed by atoms with Crippen LogP contribution in [-0.4, -0.2) is 30.8 Å². The number of nitrogens with one attached hydrogen (secondary N) is 1. The fraction of sp³-hybridized carbons (Fsp3) is 0.0870. The number of pyridine rings is 1. The Kier molecular flexibility index (Phi) is 4.33. The molecular formula is C23H18N4O2S. The van der Waals surface area contributed by atoms with Crippen molar-refractivity contribution in [1.82, 2.24) is 19.7 Å². The molecule has 3 heterocycles. The number of rotatable bonds is 4. The van der Waals surface area contributed by atoms with Crippen molar-refractivity contribution in [2.45, 2.75) is 16.7 Å². The second-order valence-electron chi connectivity index (χ2n) is 7.15. The summed E-state index contributed by atoms with van der Waals surface area (Å²) in [6.07, 6.45) is 1.51. The molecule has 0 radical (unpaired) electrons. The molecule has 2 N–H and O–H groups in total. The number of carboxylic acid groups (broad SMARTS) is 1. The molecule has 6 nitrogen and oxygen atoms in total. The Bertz CT molecular complexity index is 1420. The molecule has 0 fully saturated rings. The summed E-state index contributed by atoms with van der Waals surface area (Å²) in [6.45, 7) is 2.08. The van der Waals surface area contributed by atoms with Crippen molar-refractivity contribution in [2.24, 2.45) is 7.05 Å². The third-order valence-corrected chi connectivity index (χ3v) is 6.14. The number of para-hydroxylation sites is 1. The van der Waals surface area contributed by atoms with E-state index in [1.54, 1.807) is 11.8 Å². The van der Waals surface area contributed by atoms with Gasteiger partial charge >= 0.3 is 5.97 Å². The Morgan fingerprint density at radius 1 is 1.13 bits per heavy atom. The van der Waals surface area contributed by atoms with Gasteiger partial charge in [0.15, 0.2) is 0 Å². The van der Waals surface area contributed by atoms with Crippen LogP contribution in [0.2, 0.25) is 0 Å². The summed E-state index contributed by atoms with van der Waals surface area (Å²) in [6, 6.07) is 17.9. The van der Waals surface area contributed by atoms with E-state index in [0.717, 1.165) is 32.1 Å². The first kappa shape index (κ1) is 18.4. The first-order valence-electron chi connectivity index (χ1n) is 9.43. The molecular weight excluding hydrogens is 396 g/mol. The molecule has 7 heteroatoms. The lowest BCUT2D eigenvalue weighted by Gasteiger charge is -2.05. The number of aromatic amines is 1. The summed E-state index contributed by atoms with van der Waals surface area (Å²) < 4.78 is 1.87. The van der Waals surface area contributed by atoms with Crippen LogP contribution in [0.3, 0.4) is 0 Å². The summed E-state index contributed by atoms with van der Waals surface area (Å²) in [7, 11) is 1.93. The molecule has 5 rings (SSSR count). The second-order valence-corrected chi connectivity index (χ2v) is 8.26. The topological polar surface area (TPSA) is 83.8 Å². The summed E-state index contributed by atoms with van der Waals surface area (Å²) in [5, 5.41) is 15.2. The molecule has 0 spiro atoms. The molecule has 0 amide bonds. The minimum Gasteiger partial charge on any atom is -0.478 e. The maximum absolute atomic E-state index is 11.5. The Morgan fingerprint density at radius 3 is 2.70 bits per heavy atom. The number of fused-ring (bicyclic) bond motifs is 2. The smallest absolute Gasteiger partial charge is 0.337 e. The van der Waals surface area contributed by atoms with Gasteiger partial charge in [0.1, 0.15) is 5.69 Å². The van der Waals surface area contributed by atoms with E-state index in [1.807, 2.05) is 29.9 Å². The second kappa shape index (κ2) is 7.03. The Morgan fingerprint density at radius 2 is 1.93 bits per heavy atom. The third kappa shape index (κ3) is 3.04. The van der Waals surface area contributed by atoms with E-state index in [1.165, 1.54) is 17.8 Å². The Balaban J connectivity index is 1.65. The lowest BCUT2D eigenvalue weighted by Crippen LogP contribution is -1.97. The monoisotopic (exact) mass is 414 g/mol. The lowest BCUT2D eigenvalue weighted by atomic mass is 10.1. The number of nitrogens with zero attached hydrogens (tertiary/aromatic N) is 3. The summed E-state index contributed by atoms with van der Waals surface area (Å²) in [5.74, 6) is -0.988. The largest absolute Gasteiger partial charge is 0.478 e. The maximum Gasteiger partial charge on any atom is 0.337 e. The van der Waals surface area contributed by atoms with Crippen LogP contribution in [0.15, 0.2) is 70.6 Å². The van der Waals surface area contributed by atoms with Crippen LogP contribution in [0, 0.1) is 6.92 Å². The molecule has 0 saturated heterocycles. The molecule has 0 aliphatic rings. The van der Waals surface area contributed by atoms with Crippen LogP contribution < -0.4 is 0 Å². The zero-order valence-electron chi connectivity index (χ0n) is 16.4. The van der Waals surface area contributed by atoms with E-state index in [4.69, 9.17) is 5.10 Å². The van der Waals surface area contributed by atoms with Gasteiger partial charge in [-0.2, -0.15) is 5.10 Å². The van der Waals surface area contributed by atoms with E-state index in [9.17, 15) is 9.90 Å². The molecule has 0 saturated carbocycles. The van der Waals surface area contributed by atoms with Crippen molar-refractivity contribution in [1.29, 1.82) is 0 Å². The lowest BCUT2D eigenvalue weighted by molar-refractivity contribution is 0.0698. The van der Waals surface area contributed by atoms with Gasteiger partial charge in [0.05, 0.1) is 27.8 Å². The van der Waals surface area contributed by atoms with Gasteiger partial charge in [0, 0.05) is 28.4 Å². The number of carboxylic acids is 1. The average Bonchev–Trinajstić information content (AvgIpc) is 3.31. The molecule has 0 atom stereocenters. The van der Waals surface area contributed by atoms with Crippen molar-refractivity contribution < 1.29 is 9.90 Å². The van der Waals surface area contributed by atoms with E-state index >= 15 is 0 Å². The highest BCUT2D eigenvalue weighted by Crippen LogP contribution is 2.37. The zero-order chi connectivity index (χ0) is 20.8. The van der Waals surface area contributed by atoms with Crippen LogP contribution >= 0.6 is 11.8 Å². The number of carbonyl (C=O) groups is 1. The third-order valence-electron chi connectivity index (χ3n) is 5.08. The van der Waals surface area contributed by atoms with Crippen LogP contribution in [0.25, 0.3) is 33.3 Å². The molecule has 30 heavy (non-hydrogen) atoms. The van der Waals surface area contributed by atoms with Gasteiger partial charge in [-0.3, -0.25) is 9.67 Å². The highest BCUT2D eigenvalue weighted by molar-refractivity contribution is 7.99. The fourth-order valence-corrected chi connectivity index (χ4v) is 4.66. The highest BCUT2D eigenvalue weighted by atomic mass is 32.2. The van der Waals surface area contributed by atoms with Gasteiger partial charge in [-0.25, -0.2) is 4.79 Å². The van der Waals surface area contributed by atoms with Gasteiger partial charge in [-0.1, -0.05) is 41.6 Å². The Hall–Kier alpha value is -3.58.